The standard InChI is InChI=1S/C17H16Cl2N4O3/c1-10(24)21-12-3-2-4-13(8-12)22-17(26)20-9-16(25)23-15-7-11(18)5-6-14(15)19/h2-8H,9H2,1H3,(H,21,24)(H,23,25)(H2,20,22,26). The predicted octanol–water partition coefficient (Wildman–Crippen LogP) is 3.71. The van der Waals surface area contributed by atoms with E-state index in [2.05, 4.69) is 21.3 Å². The van der Waals surface area contributed by atoms with Crippen LogP contribution in [0, 0.1) is 0 Å². The summed E-state index contributed by atoms with van der Waals surface area (Å²) in [5.41, 5.74) is 1.37. The van der Waals surface area contributed by atoms with Crippen molar-refractivity contribution in [2.45, 2.75) is 6.92 Å². The first-order chi connectivity index (χ1) is 12.3. The average Bonchev–Trinajstić information content (AvgIpc) is 2.56. The van der Waals surface area contributed by atoms with Gasteiger partial charge in [-0.3, -0.25) is 9.59 Å². The highest BCUT2D eigenvalue weighted by atomic mass is 35.5. The number of carbonyl (C=O) groups is 3. The first-order valence-electron chi connectivity index (χ1n) is 7.51. The maximum atomic E-state index is 11.9. The summed E-state index contributed by atoms with van der Waals surface area (Å²) in [6.07, 6.45) is 0. The molecule has 7 nitrogen and oxygen atoms in total. The molecule has 0 spiro atoms. The zero-order chi connectivity index (χ0) is 19.1. The third kappa shape index (κ3) is 6.27. The molecule has 0 aliphatic heterocycles. The van der Waals surface area contributed by atoms with Gasteiger partial charge in [0.2, 0.25) is 11.8 Å². The first-order valence-corrected chi connectivity index (χ1v) is 8.26. The maximum absolute atomic E-state index is 11.9. The third-order valence-electron chi connectivity index (χ3n) is 3.05. The van der Waals surface area contributed by atoms with Gasteiger partial charge in [0.05, 0.1) is 17.3 Å². The minimum Gasteiger partial charge on any atom is -0.329 e. The normalized spacial score (nSPS) is 9.96. The lowest BCUT2D eigenvalue weighted by atomic mass is 10.2. The van der Waals surface area contributed by atoms with Gasteiger partial charge in [-0.1, -0.05) is 29.3 Å². The molecule has 0 unspecified atom stereocenters. The van der Waals surface area contributed by atoms with Crippen molar-refractivity contribution in [2.24, 2.45) is 0 Å². The van der Waals surface area contributed by atoms with E-state index in [-0.39, 0.29) is 12.5 Å². The van der Waals surface area contributed by atoms with Crippen LogP contribution in [0.25, 0.3) is 0 Å². The van der Waals surface area contributed by atoms with E-state index in [4.69, 9.17) is 23.2 Å². The van der Waals surface area contributed by atoms with Crippen LogP contribution in [0.5, 0.6) is 0 Å². The second-order valence-electron chi connectivity index (χ2n) is 5.24. The minimum absolute atomic E-state index is 0.219. The highest BCUT2D eigenvalue weighted by molar-refractivity contribution is 6.35. The predicted molar refractivity (Wildman–Crippen MR) is 103 cm³/mol. The molecule has 0 aromatic heterocycles. The number of nitrogens with one attached hydrogen (secondary N) is 4. The van der Waals surface area contributed by atoms with Gasteiger partial charge in [-0.15, -0.1) is 0 Å². The van der Waals surface area contributed by atoms with Crippen LogP contribution in [0.2, 0.25) is 10.0 Å². The number of amides is 4. The summed E-state index contributed by atoms with van der Waals surface area (Å²) in [6.45, 7) is 1.12. The van der Waals surface area contributed by atoms with Crippen molar-refractivity contribution in [3.8, 4) is 0 Å². The van der Waals surface area contributed by atoms with Crippen molar-refractivity contribution in [1.82, 2.24) is 5.32 Å². The van der Waals surface area contributed by atoms with E-state index in [9.17, 15) is 14.4 Å². The van der Waals surface area contributed by atoms with Crippen molar-refractivity contribution in [3.05, 3.63) is 52.5 Å². The van der Waals surface area contributed by atoms with Crippen LogP contribution in [0.3, 0.4) is 0 Å². The van der Waals surface area contributed by atoms with E-state index < -0.39 is 11.9 Å². The van der Waals surface area contributed by atoms with Crippen LogP contribution >= 0.6 is 23.2 Å². The number of rotatable bonds is 5. The summed E-state index contributed by atoms with van der Waals surface area (Å²) in [6, 6.07) is 10.7. The van der Waals surface area contributed by atoms with Gasteiger partial charge in [0.15, 0.2) is 0 Å². The SMILES string of the molecule is CC(=O)Nc1cccc(NC(=O)NCC(=O)Nc2cc(Cl)ccc2Cl)c1. The van der Waals surface area contributed by atoms with Crippen molar-refractivity contribution in [2.75, 3.05) is 22.5 Å². The van der Waals surface area contributed by atoms with Crippen molar-refractivity contribution in [3.63, 3.8) is 0 Å². The molecule has 0 bridgehead atoms. The van der Waals surface area contributed by atoms with E-state index in [0.29, 0.717) is 27.1 Å². The molecular formula is C17H16Cl2N4O3. The van der Waals surface area contributed by atoms with Crippen LogP contribution in [-0.2, 0) is 9.59 Å². The van der Waals surface area contributed by atoms with Gasteiger partial charge in [0, 0.05) is 23.3 Å². The lowest BCUT2D eigenvalue weighted by molar-refractivity contribution is -0.115. The zero-order valence-corrected chi connectivity index (χ0v) is 15.2. The van der Waals surface area contributed by atoms with Gasteiger partial charge in [0.1, 0.15) is 0 Å². The molecule has 9 heteroatoms. The van der Waals surface area contributed by atoms with Gasteiger partial charge in [-0.2, -0.15) is 0 Å². The molecule has 4 amide bonds. The Balaban J connectivity index is 1.85. The molecule has 0 heterocycles. The third-order valence-corrected chi connectivity index (χ3v) is 3.62. The van der Waals surface area contributed by atoms with Gasteiger partial charge in [-0.05, 0) is 36.4 Å². The molecule has 2 rings (SSSR count). The summed E-state index contributed by atoms with van der Waals surface area (Å²) in [5, 5.41) is 10.9. The molecule has 2 aromatic carbocycles. The monoisotopic (exact) mass is 394 g/mol. The number of urea groups is 1. The van der Waals surface area contributed by atoms with E-state index in [1.54, 1.807) is 36.4 Å². The largest absolute Gasteiger partial charge is 0.329 e. The molecule has 0 saturated heterocycles. The van der Waals surface area contributed by atoms with E-state index in [1.165, 1.54) is 13.0 Å². The summed E-state index contributed by atoms with van der Waals surface area (Å²) in [5.74, 6) is -0.681. The molecule has 0 aliphatic carbocycles. The van der Waals surface area contributed by atoms with Crippen LogP contribution < -0.4 is 21.3 Å². The number of carbonyl (C=O) groups excluding carboxylic acids is 3. The van der Waals surface area contributed by atoms with Gasteiger partial charge >= 0.3 is 6.03 Å². The Hall–Kier alpha value is -2.77. The molecule has 0 saturated carbocycles. The number of benzene rings is 2. The molecule has 2 aromatic rings. The van der Waals surface area contributed by atoms with Gasteiger partial charge in [0.25, 0.3) is 0 Å². The minimum atomic E-state index is -0.572. The number of halogens is 2. The highest BCUT2D eigenvalue weighted by Gasteiger charge is 2.09. The fraction of sp³-hybridized carbons (Fsp3) is 0.118. The Bertz CT molecular complexity index is 843. The van der Waals surface area contributed by atoms with Crippen molar-refractivity contribution < 1.29 is 14.4 Å². The summed E-state index contributed by atoms with van der Waals surface area (Å²) in [4.78, 5) is 34.8. The van der Waals surface area contributed by atoms with Crippen LogP contribution in [-0.4, -0.2) is 24.4 Å². The highest BCUT2D eigenvalue weighted by Crippen LogP contribution is 2.25. The van der Waals surface area contributed by atoms with Crippen LogP contribution in [0.1, 0.15) is 6.92 Å². The van der Waals surface area contributed by atoms with E-state index >= 15 is 0 Å². The van der Waals surface area contributed by atoms with Crippen molar-refractivity contribution >= 4 is 58.1 Å². The Morgan fingerprint density at radius 1 is 0.923 bits per heavy atom. The molecular weight excluding hydrogens is 379 g/mol. The first kappa shape index (κ1) is 19.6. The van der Waals surface area contributed by atoms with E-state index in [1.807, 2.05) is 0 Å². The molecule has 0 fully saturated rings. The lowest BCUT2D eigenvalue weighted by Crippen LogP contribution is -2.35. The average molecular weight is 395 g/mol. The summed E-state index contributed by atoms with van der Waals surface area (Å²) < 4.78 is 0. The number of hydrogen-bond acceptors (Lipinski definition) is 3. The summed E-state index contributed by atoms with van der Waals surface area (Å²) >= 11 is 11.8. The fourth-order valence-electron chi connectivity index (χ4n) is 2.00. The Morgan fingerprint density at radius 3 is 2.31 bits per heavy atom. The van der Waals surface area contributed by atoms with Crippen LogP contribution in [0.4, 0.5) is 21.9 Å². The molecule has 4 N–H and O–H groups in total. The van der Waals surface area contributed by atoms with Crippen molar-refractivity contribution in [1.29, 1.82) is 0 Å². The maximum Gasteiger partial charge on any atom is 0.319 e. The Morgan fingerprint density at radius 2 is 1.62 bits per heavy atom. The lowest BCUT2D eigenvalue weighted by Gasteiger charge is -2.10. The second kappa shape index (κ2) is 9.07. The topological polar surface area (TPSA) is 99.3 Å². The summed E-state index contributed by atoms with van der Waals surface area (Å²) in [7, 11) is 0. The van der Waals surface area contributed by atoms with Gasteiger partial charge in [-0.25, -0.2) is 4.79 Å². The quantitative estimate of drug-likeness (QED) is 0.621. The van der Waals surface area contributed by atoms with Crippen LogP contribution in [0.15, 0.2) is 42.5 Å². The zero-order valence-electron chi connectivity index (χ0n) is 13.7. The molecule has 26 heavy (non-hydrogen) atoms. The smallest absolute Gasteiger partial charge is 0.319 e. The molecule has 0 aliphatic rings. The van der Waals surface area contributed by atoms with Gasteiger partial charge < -0.3 is 21.3 Å². The second-order valence-corrected chi connectivity index (χ2v) is 6.09. The van der Waals surface area contributed by atoms with E-state index in [0.717, 1.165) is 0 Å². The fourth-order valence-corrected chi connectivity index (χ4v) is 2.34. The number of hydrogen-bond donors (Lipinski definition) is 4. The molecule has 0 atom stereocenters. The Labute approximate surface area is 160 Å². The Kier molecular flexibility index (Phi) is 6.82. The molecule has 0 radical (unpaired) electrons. The molecule has 136 valence electrons. The number of anilines is 3.